The van der Waals surface area contributed by atoms with Crippen LogP contribution in [0.15, 0.2) is 0 Å². The summed E-state index contributed by atoms with van der Waals surface area (Å²) in [5, 5.41) is 13.9. The van der Waals surface area contributed by atoms with Gasteiger partial charge in [0.15, 0.2) is 0 Å². The molecule has 1 saturated carbocycles. The summed E-state index contributed by atoms with van der Waals surface area (Å²) in [6.07, 6.45) is -1.10. The van der Waals surface area contributed by atoms with Crippen LogP contribution in [0.1, 0.15) is 6.42 Å². The SMILES string of the molecule is ClC1CC1(Cl)Cl.O=C(O)O. The number of carbonyl (C=O) groups is 1. The monoisotopic (exact) mass is 206 g/mol. The summed E-state index contributed by atoms with van der Waals surface area (Å²) in [7, 11) is 0. The molecule has 0 aliphatic heterocycles. The first-order valence-corrected chi connectivity index (χ1v) is 3.49. The lowest BCUT2D eigenvalue weighted by molar-refractivity contribution is 0.137. The number of halogens is 3. The van der Waals surface area contributed by atoms with Crippen molar-refractivity contribution in [2.24, 2.45) is 0 Å². The second-order valence-electron chi connectivity index (χ2n) is 1.72. The van der Waals surface area contributed by atoms with E-state index in [1.807, 2.05) is 0 Å². The van der Waals surface area contributed by atoms with Gasteiger partial charge in [-0.05, 0) is 0 Å². The van der Waals surface area contributed by atoms with Gasteiger partial charge in [-0.1, -0.05) is 23.2 Å². The normalized spacial score (nSPS) is 26.1. The van der Waals surface area contributed by atoms with Gasteiger partial charge >= 0.3 is 6.16 Å². The Bertz CT molecular complexity index is 132. The molecule has 2 N–H and O–H groups in total. The minimum absolute atomic E-state index is 0.000772. The van der Waals surface area contributed by atoms with Crippen LogP contribution >= 0.6 is 34.8 Å². The summed E-state index contributed by atoms with van der Waals surface area (Å²) in [5.74, 6) is 0. The molecule has 0 aromatic rings. The van der Waals surface area contributed by atoms with Crippen molar-refractivity contribution in [3.8, 4) is 0 Å². The average Bonchev–Trinajstić information content (AvgIpc) is 2.08. The summed E-state index contributed by atoms with van der Waals surface area (Å²) >= 11 is 16.3. The van der Waals surface area contributed by atoms with E-state index in [-0.39, 0.29) is 5.38 Å². The van der Waals surface area contributed by atoms with Crippen molar-refractivity contribution in [3.05, 3.63) is 0 Å². The van der Waals surface area contributed by atoms with Crippen LogP contribution in [0, 0.1) is 0 Å². The predicted octanol–water partition coefficient (Wildman–Crippen LogP) is 2.39. The average molecular weight is 207 g/mol. The van der Waals surface area contributed by atoms with E-state index in [1.54, 1.807) is 0 Å². The van der Waals surface area contributed by atoms with Gasteiger partial charge in [0.05, 0.1) is 5.38 Å². The van der Waals surface area contributed by atoms with Crippen molar-refractivity contribution >= 4 is 41.0 Å². The van der Waals surface area contributed by atoms with Crippen LogP contribution in [0.25, 0.3) is 0 Å². The highest BCUT2D eigenvalue weighted by molar-refractivity contribution is 6.56. The van der Waals surface area contributed by atoms with Gasteiger partial charge in [0, 0.05) is 6.42 Å². The van der Waals surface area contributed by atoms with Crippen molar-refractivity contribution in [3.63, 3.8) is 0 Å². The molecule has 0 bridgehead atoms. The third-order valence-electron chi connectivity index (χ3n) is 0.750. The fraction of sp³-hybridized carbons (Fsp3) is 0.750. The Morgan fingerprint density at radius 1 is 1.50 bits per heavy atom. The van der Waals surface area contributed by atoms with Gasteiger partial charge in [-0.2, -0.15) is 0 Å². The molecule has 1 fully saturated rings. The Balaban J connectivity index is 0.000000180. The molecule has 0 aromatic heterocycles. The summed E-state index contributed by atoms with van der Waals surface area (Å²) in [6, 6.07) is 0. The van der Waals surface area contributed by atoms with Gasteiger partial charge in [-0.25, -0.2) is 4.79 Å². The fourth-order valence-electron chi connectivity index (χ4n) is 0.180. The van der Waals surface area contributed by atoms with E-state index in [9.17, 15) is 0 Å². The Labute approximate surface area is 72.5 Å². The number of carboxylic acid groups (broad SMARTS) is 2. The topological polar surface area (TPSA) is 57.5 Å². The van der Waals surface area contributed by atoms with Crippen molar-refractivity contribution in [1.82, 2.24) is 0 Å². The van der Waals surface area contributed by atoms with E-state index >= 15 is 0 Å². The molecule has 1 atom stereocenters. The minimum Gasteiger partial charge on any atom is -0.450 e. The molecule has 0 radical (unpaired) electrons. The first kappa shape index (κ1) is 10.1. The predicted molar refractivity (Wildman–Crippen MR) is 39.3 cm³/mol. The quantitative estimate of drug-likeness (QED) is 0.600. The molecular formula is C4H5Cl3O3. The lowest BCUT2D eigenvalue weighted by Gasteiger charge is -1.83. The number of hydrogen-bond acceptors (Lipinski definition) is 1. The van der Waals surface area contributed by atoms with Gasteiger partial charge in [-0.15, -0.1) is 11.6 Å². The Morgan fingerprint density at radius 2 is 1.60 bits per heavy atom. The maximum absolute atomic E-state index is 8.56. The highest BCUT2D eigenvalue weighted by Gasteiger charge is 2.50. The largest absolute Gasteiger partial charge is 0.503 e. The molecule has 60 valence electrons. The van der Waals surface area contributed by atoms with Gasteiger partial charge in [-0.3, -0.25) is 0 Å². The first-order valence-electron chi connectivity index (χ1n) is 2.30. The molecule has 10 heavy (non-hydrogen) atoms. The van der Waals surface area contributed by atoms with Crippen LogP contribution in [-0.2, 0) is 0 Å². The third kappa shape index (κ3) is 4.97. The van der Waals surface area contributed by atoms with Crippen LogP contribution in [0.3, 0.4) is 0 Å². The van der Waals surface area contributed by atoms with E-state index in [0.29, 0.717) is 0 Å². The highest BCUT2D eigenvalue weighted by atomic mass is 35.5. The van der Waals surface area contributed by atoms with Crippen molar-refractivity contribution < 1.29 is 15.0 Å². The summed E-state index contributed by atoms with van der Waals surface area (Å²) < 4.78 is -0.582. The molecule has 3 nitrogen and oxygen atoms in total. The van der Waals surface area contributed by atoms with E-state index in [4.69, 9.17) is 49.8 Å². The number of alkyl halides is 3. The molecule has 0 amide bonds. The zero-order valence-corrected chi connectivity index (χ0v) is 6.99. The van der Waals surface area contributed by atoms with Crippen LogP contribution in [0.4, 0.5) is 4.79 Å². The smallest absolute Gasteiger partial charge is 0.450 e. The molecule has 1 aliphatic carbocycles. The zero-order chi connectivity index (χ0) is 8.36. The zero-order valence-electron chi connectivity index (χ0n) is 4.72. The van der Waals surface area contributed by atoms with Gasteiger partial charge in [0.2, 0.25) is 0 Å². The maximum atomic E-state index is 8.56. The molecular weight excluding hydrogens is 202 g/mol. The van der Waals surface area contributed by atoms with Crippen LogP contribution in [-0.4, -0.2) is 26.1 Å². The Morgan fingerprint density at radius 3 is 1.60 bits per heavy atom. The summed E-state index contributed by atoms with van der Waals surface area (Å²) in [4.78, 5) is 8.56. The molecule has 1 aliphatic rings. The highest BCUT2D eigenvalue weighted by Crippen LogP contribution is 2.50. The lowest BCUT2D eigenvalue weighted by atomic mass is 10.9. The van der Waals surface area contributed by atoms with E-state index in [1.165, 1.54) is 0 Å². The van der Waals surface area contributed by atoms with Crippen molar-refractivity contribution in [1.29, 1.82) is 0 Å². The van der Waals surface area contributed by atoms with Crippen molar-refractivity contribution in [2.45, 2.75) is 16.1 Å². The van der Waals surface area contributed by atoms with Gasteiger partial charge in [0.25, 0.3) is 0 Å². The summed E-state index contributed by atoms with van der Waals surface area (Å²) in [6.45, 7) is 0. The molecule has 6 heteroatoms. The third-order valence-corrected chi connectivity index (χ3v) is 2.34. The summed E-state index contributed by atoms with van der Waals surface area (Å²) in [5.41, 5.74) is 0. The van der Waals surface area contributed by atoms with Crippen LogP contribution in [0.5, 0.6) is 0 Å². The second kappa shape index (κ2) is 3.51. The molecule has 0 spiro atoms. The fourth-order valence-corrected chi connectivity index (χ4v) is 0.890. The van der Waals surface area contributed by atoms with E-state index in [0.717, 1.165) is 6.42 Å². The molecule has 1 unspecified atom stereocenters. The molecule has 0 saturated heterocycles. The Kier molecular flexibility index (Phi) is 3.56. The van der Waals surface area contributed by atoms with Crippen LogP contribution < -0.4 is 0 Å². The van der Waals surface area contributed by atoms with E-state index < -0.39 is 10.5 Å². The standard InChI is InChI=1S/C3H3Cl3.CH2O3/c4-2-1-3(2,5)6;2-1(3)4/h2H,1H2;(H2,2,3,4). The molecule has 0 heterocycles. The van der Waals surface area contributed by atoms with Gasteiger partial charge < -0.3 is 10.2 Å². The second-order valence-corrected chi connectivity index (χ2v) is 3.78. The number of hydrogen-bond donors (Lipinski definition) is 2. The van der Waals surface area contributed by atoms with Crippen LogP contribution in [0.2, 0.25) is 0 Å². The lowest BCUT2D eigenvalue weighted by Crippen LogP contribution is -1.84. The molecule has 1 rings (SSSR count). The minimum atomic E-state index is -1.83. The van der Waals surface area contributed by atoms with Gasteiger partial charge in [0.1, 0.15) is 4.33 Å². The maximum Gasteiger partial charge on any atom is 0.503 e. The Hall–Kier alpha value is 0.140. The van der Waals surface area contributed by atoms with E-state index in [2.05, 4.69) is 0 Å². The van der Waals surface area contributed by atoms with Crippen molar-refractivity contribution in [2.75, 3.05) is 0 Å². The first-order chi connectivity index (χ1) is 4.36. The molecule has 0 aromatic carbocycles. The number of rotatable bonds is 0.